The van der Waals surface area contributed by atoms with E-state index in [1.807, 2.05) is 30.3 Å². The molecule has 0 radical (unpaired) electrons. The summed E-state index contributed by atoms with van der Waals surface area (Å²) in [6.07, 6.45) is 1.23. The summed E-state index contributed by atoms with van der Waals surface area (Å²) in [5.74, 6) is 0. The fraction of sp³-hybridized carbons (Fsp3) is 0.125. The van der Waals surface area contributed by atoms with Crippen molar-refractivity contribution in [1.82, 2.24) is 4.98 Å². The highest BCUT2D eigenvalue weighted by Gasteiger charge is 2.20. The summed E-state index contributed by atoms with van der Waals surface area (Å²) in [6, 6.07) is 12.9. The average Bonchev–Trinajstić information content (AvgIpc) is 2.84. The van der Waals surface area contributed by atoms with E-state index < -0.39 is 10.0 Å². The minimum absolute atomic E-state index is 0.175. The van der Waals surface area contributed by atoms with Gasteiger partial charge >= 0.3 is 0 Å². The molecule has 0 aliphatic carbocycles. The number of nitrogens with two attached hydrogens (primary N) is 1. The molecular weight excluding hydrogens is 400 g/mol. The van der Waals surface area contributed by atoms with Crippen molar-refractivity contribution in [2.24, 2.45) is 5.14 Å². The van der Waals surface area contributed by atoms with Gasteiger partial charge in [0.15, 0.2) is 0 Å². The van der Waals surface area contributed by atoms with Crippen LogP contribution in [0.3, 0.4) is 0 Å². The Morgan fingerprint density at radius 2 is 1.78 bits per heavy atom. The van der Waals surface area contributed by atoms with Crippen molar-refractivity contribution in [2.75, 3.05) is 0 Å². The van der Waals surface area contributed by atoms with Gasteiger partial charge in [-0.3, -0.25) is 0 Å². The lowest BCUT2D eigenvalue weighted by Crippen LogP contribution is -2.14. The predicted octanol–water partition coefficient (Wildman–Crippen LogP) is 4.02. The molecule has 3 rings (SSSR count). The maximum Gasteiger partial charge on any atom is 0.240 e. The number of rotatable bonds is 4. The zero-order valence-electron chi connectivity index (χ0n) is 12.0. The molecule has 2 aromatic carbocycles. The van der Waals surface area contributed by atoms with Gasteiger partial charge in [0, 0.05) is 26.1 Å². The SMILES string of the molecule is NS(=O)(=O)c1c(CCc2ccc(Cl)cc2)[nH]c2cc(Br)ccc12. The topological polar surface area (TPSA) is 76.0 Å². The second-order valence-electron chi connectivity index (χ2n) is 5.29. The summed E-state index contributed by atoms with van der Waals surface area (Å²) in [5.41, 5.74) is 2.44. The first-order valence-electron chi connectivity index (χ1n) is 6.92. The molecule has 4 nitrogen and oxygen atoms in total. The van der Waals surface area contributed by atoms with Gasteiger partial charge in [0.25, 0.3) is 0 Å². The van der Waals surface area contributed by atoms with Gasteiger partial charge in [-0.05, 0) is 42.7 Å². The third-order valence-corrected chi connectivity index (χ3v) is 5.43. The van der Waals surface area contributed by atoms with Crippen molar-refractivity contribution in [3.63, 3.8) is 0 Å². The Hall–Kier alpha value is -1.34. The standard InChI is InChI=1S/C16H14BrClN2O2S/c17-11-4-7-13-15(9-11)20-14(16(13)23(19,21)22)8-3-10-1-5-12(18)6-2-10/h1-2,4-7,9,20H,3,8H2,(H2,19,21,22). The van der Waals surface area contributed by atoms with Gasteiger partial charge in [-0.2, -0.15) is 0 Å². The Kier molecular flexibility index (Phi) is 4.51. The second-order valence-corrected chi connectivity index (χ2v) is 8.14. The van der Waals surface area contributed by atoms with Gasteiger partial charge in [0.1, 0.15) is 4.90 Å². The van der Waals surface area contributed by atoms with Crippen LogP contribution in [0, 0.1) is 0 Å². The minimum atomic E-state index is -3.81. The fourth-order valence-corrected chi connectivity index (χ4v) is 4.09. The number of nitrogens with one attached hydrogen (secondary N) is 1. The van der Waals surface area contributed by atoms with Crippen LogP contribution in [0.25, 0.3) is 10.9 Å². The van der Waals surface area contributed by atoms with E-state index in [1.165, 1.54) is 0 Å². The summed E-state index contributed by atoms with van der Waals surface area (Å²) in [5, 5.41) is 6.71. The van der Waals surface area contributed by atoms with Gasteiger partial charge in [-0.1, -0.05) is 45.7 Å². The maximum atomic E-state index is 12.0. The van der Waals surface area contributed by atoms with Crippen molar-refractivity contribution in [1.29, 1.82) is 0 Å². The van der Waals surface area contributed by atoms with Crippen molar-refractivity contribution in [3.05, 3.63) is 63.2 Å². The molecule has 0 aliphatic heterocycles. The molecule has 3 aromatic rings. The van der Waals surface area contributed by atoms with E-state index in [1.54, 1.807) is 12.1 Å². The number of H-pyrrole nitrogens is 1. The first-order chi connectivity index (χ1) is 10.8. The maximum absolute atomic E-state index is 12.0. The Labute approximate surface area is 147 Å². The highest BCUT2D eigenvalue weighted by atomic mass is 79.9. The van der Waals surface area contributed by atoms with Gasteiger partial charge in [0.05, 0.1) is 0 Å². The Morgan fingerprint density at radius 3 is 2.43 bits per heavy atom. The lowest BCUT2D eigenvalue weighted by molar-refractivity contribution is 0.597. The molecule has 0 atom stereocenters. The molecule has 0 aliphatic rings. The molecular formula is C16H14BrClN2O2S. The quantitative estimate of drug-likeness (QED) is 0.678. The third kappa shape index (κ3) is 3.61. The summed E-state index contributed by atoms with van der Waals surface area (Å²) in [4.78, 5) is 3.35. The summed E-state index contributed by atoms with van der Waals surface area (Å²) >= 11 is 9.26. The van der Waals surface area contributed by atoms with Crippen LogP contribution in [-0.4, -0.2) is 13.4 Å². The zero-order chi connectivity index (χ0) is 16.6. The number of hydrogen-bond acceptors (Lipinski definition) is 2. The van der Waals surface area contributed by atoms with E-state index in [0.29, 0.717) is 28.9 Å². The monoisotopic (exact) mass is 412 g/mol. The Balaban J connectivity index is 2.00. The van der Waals surface area contributed by atoms with E-state index in [0.717, 1.165) is 15.6 Å². The van der Waals surface area contributed by atoms with Gasteiger partial charge in [-0.15, -0.1) is 0 Å². The number of primary sulfonamides is 1. The van der Waals surface area contributed by atoms with Crippen LogP contribution in [0.5, 0.6) is 0 Å². The molecule has 1 heterocycles. The van der Waals surface area contributed by atoms with Crippen LogP contribution in [0.4, 0.5) is 0 Å². The van der Waals surface area contributed by atoms with Crippen LogP contribution in [0.15, 0.2) is 51.8 Å². The number of aryl methyl sites for hydroxylation is 2. The molecule has 120 valence electrons. The minimum Gasteiger partial charge on any atom is -0.357 e. The van der Waals surface area contributed by atoms with Crippen molar-refractivity contribution in [2.45, 2.75) is 17.7 Å². The Bertz CT molecular complexity index is 966. The van der Waals surface area contributed by atoms with E-state index in [-0.39, 0.29) is 4.90 Å². The van der Waals surface area contributed by atoms with Crippen molar-refractivity contribution < 1.29 is 8.42 Å². The normalized spacial score (nSPS) is 12.0. The number of halogens is 2. The third-order valence-electron chi connectivity index (χ3n) is 3.65. The first kappa shape index (κ1) is 16.5. The van der Waals surface area contributed by atoms with E-state index >= 15 is 0 Å². The molecule has 0 saturated heterocycles. The molecule has 0 unspecified atom stereocenters. The largest absolute Gasteiger partial charge is 0.357 e. The van der Waals surface area contributed by atoms with E-state index in [4.69, 9.17) is 16.7 Å². The average molecular weight is 414 g/mol. The lowest BCUT2D eigenvalue weighted by Gasteiger charge is -2.04. The molecule has 7 heteroatoms. The van der Waals surface area contributed by atoms with Crippen molar-refractivity contribution in [3.8, 4) is 0 Å². The number of hydrogen-bond donors (Lipinski definition) is 2. The molecule has 0 amide bonds. The summed E-state index contributed by atoms with van der Waals surface area (Å²) < 4.78 is 24.9. The number of sulfonamides is 1. The molecule has 0 saturated carbocycles. The molecule has 0 bridgehead atoms. The fourth-order valence-electron chi connectivity index (χ4n) is 2.62. The van der Waals surface area contributed by atoms with Crippen LogP contribution in [0.2, 0.25) is 5.02 Å². The van der Waals surface area contributed by atoms with Crippen LogP contribution >= 0.6 is 27.5 Å². The van der Waals surface area contributed by atoms with E-state index in [2.05, 4.69) is 20.9 Å². The van der Waals surface area contributed by atoms with E-state index in [9.17, 15) is 8.42 Å². The number of aromatic amines is 1. The van der Waals surface area contributed by atoms with Crippen LogP contribution < -0.4 is 5.14 Å². The first-order valence-corrected chi connectivity index (χ1v) is 9.63. The van der Waals surface area contributed by atoms with Gasteiger partial charge in [0.2, 0.25) is 10.0 Å². The van der Waals surface area contributed by atoms with Crippen LogP contribution in [-0.2, 0) is 22.9 Å². The van der Waals surface area contributed by atoms with Gasteiger partial charge in [-0.25, -0.2) is 13.6 Å². The predicted molar refractivity (Wildman–Crippen MR) is 96.2 cm³/mol. The molecule has 0 spiro atoms. The number of fused-ring (bicyclic) bond motifs is 1. The second kappa shape index (κ2) is 6.28. The van der Waals surface area contributed by atoms with Crippen LogP contribution in [0.1, 0.15) is 11.3 Å². The molecule has 0 fully saturated rings. The Morgan fingerprint density at radius 1 is 1.09 bits per heavy atom. The smallest absolute Gasteiger partial charge is 0.240 e. The molecule has 23 heavy (non-hydrogen) atoms. The van der Waals surface area contributed by atoms with Gasteiger partial charge < -0.3 is 4.98 Å². The highest BCUT2D eigenvalue weighted by molar-refractivity contribution is 9.10. The molecule has 3 N–H and O–H groups in total. The summed E-state index contributed by atoms with van der Waals surface area (Å²) in [7, 11) is -3.81. The number of aromatic nitrogens is 1. The highest BCUT2D eigenvalue weighted by Crippen LogP contribution is 2.29. The summed E-state index contributed by atoms with van der Waals surface area (Å²) in [6.45, 7) is 0. The number of benzene rings is 2. The molecule has 1 aromatic heterocycles. The lowest BCUT2D eigenvalue weighted by atomic mass is 10.1. The van der Waals surface area contributed by atoms with Crippen molar-refractivity contribution >= 4 is 48.5 Å². The zero-order valence-corrected chi connectivity index (χ0v) is 15.2.